The summed E-state index contributed by atoms with van der Waals surface area (Å²) >= 11 is 0. The average Bonchev–Trinajstić information content (AvgIpc) is 2.72. The van der Waals surface area contributed by atoms with Gasteiger partial charge >= 0.3 is 0 Å². The van der Waals surface area contributed by atoms with Gasteiger partial charge in [0, 0.05) is 12.6 Å². The second kappa shape index (κ2) is 7.42. The molecule has 1 fully saturated rings. The third-order valence-electron chi connectivity index (χ3n) is 4.30. The van der Waals surface area contributed by atoms with E-state index in [-0.39, 0.29) is 0 Å². The highest BCUT2D eigenvalue weighted by Crippen LogP contribution is 2.23. The maximum absolute atomic E-state index is 10.4. The number of aliphatic hydroxyl groups is 1. The highest BCUT2D eigenvalue weighted by molar-refractivity contribution is 5.32. The van der Waals surface area contributed by atoms with Crippen LogP contribution in [0.3, 0.4) is 0 Å². The van der Waals surface area contributed by atoms with Crippen molar-refractivity contribution in [3.05, 3.63) is 35.4 Å². The van der Waals surface area contributed by atoms with E-state index in [0.717, 1.165) is 18.5 Å². The number of nitriles is 1. The minimum Gasteiger partial charge on any atom is -0.387 e. The second-order valence-electron chi connectivity index (χ2n) is 5.66. The molecule has 0 bridgehead atoms. The van der Waals surface area contributed by atoms with Crippen molar-refractivity contribution in [2.45, 2.75) is 51.2 Å². The summed E-state index contributed by atoms with van der Waals surface area (Å²) in [5.74, 6) is 0. The van der Waals surface area contributed by atoms with E-state index in [1.54, 1.807) is 12.1 Å². The zero-order valence-corrected chi connectivity index (χ0v) is 12.3. The molecule has 0 saturated carbocycles. The lowest BCUT2D eigenvalue weighted by atomic mass is 10.0. The molecule has 1 saturated heterocycles. The zero-order chi connectivity index (χ0) is 14.4. The first-order valence-electron chi connectivity index (χ1n) is 7.66. The van der Waals surface area contributed by atoms with Crippen LogP contribution in [0, 0.1) is 11.3 Å². The van der Waals surface area contributed by atoms with Crippen LogP contribution in [-0.4, -0.2) is 29.1 Å². The fraction of sp³-hybridized carbons (Fsp3) is 0.588. The van der Waals surface area contributed by atoms with E-state index in [9.17, 15) is 5.11 Å². The lowest BCUT2D eigenvalue weighted by Crippen LogP contribution is -2.37. The molecule has 108 valence electrons. The van der Waals surface area contributed by atoms with Gasteiger partial charge in [-0.25, -0.2) is 0 Å². The SMILES string of the molecule is CCC1CCCCCN1CC(O)c1ccc(C#N)cc1. The molecule has 0 radical (unpaired) electrons. The van der Waals surface area contributed by atoms with Crippen molar-refractivity contribution in [3.8, 4) is 6.07 Å². The van der Waals surface area contributed by atoms with E-state index in [4.69, 9.17) is 5.26 Å². The van der Waals surface area contributed by atoms with Gasteiger partial charge in [-0.05, 0) is 43.5 Å². The molecule has 1 aliphatic heterocycles. The molecule has 3 nitrogen and oxygen atoms in total. The van der Waals surface area contributed by atoms with E-state index < -0.39 is 6.10 Å². The number of β-amino-alcohol motifs (C(OH)–C–C–N with tert-alkyl or cyclic N) is 1. The summed E-state index contributed by atoms with van der Waals surface area (Å²) < 4.78 is 0. The van der Waals surface area contributed by atoms with E-state index >= 15 is 0 Å². The van der Waals surface area contributed by atoms with Gasteiger partial charge in [-0.2, -0.15) is 5.26 Å². The average molecular weight is 272 g/mol. The fourth-order valence-electron chi connectivity index (χ4n) is 3.05. The summed E-state index contributed by atoms with van der Waals surface area (Å²) in [6, 6.07) is 9.99. The van der Waals surface area contributed by atoms with Gasteiger partial charge in [0.25, 0.3) is 0 Å². The monoisotopic (exact) mass is 272 g/mol. The van der Waals surface area contributed by atoms with Crippen LogP contribution in [0.4, 0.5) is 0 Å². The van der Waals surface area contributed by atoms with Gasteiger partial charge in [-0.3, -0.25) is 4.90 Å². The molecule has 1 aromatic rings. The molecule has 1 heterocycles. The van der Waals surface area contributed by atoms with Crippen molar-refractivity contribution in [1.29, 1.82) is 5.26 Å². The molecule has 1 N–H and O–H groups in total. The van der Waals surface area contributed by atoms with Gasteiger partial charge in [0.15, 0.2) is 0 Å². The maximum atomic E-state index is 10.4. The predicted molar refractivity (Wildman–Crippen MR) is 80.2 cm³/mol. The largest absolute Gasteiger partial charge is 0.387 e. The van der Waals surface area contributed by atoms with E-state index in [2.05, 4.69) is 17.9 Å². The molecule has 1 aliphatic rings. The molecule has 20 heavy (non-hydrogen) atoms. The minimum atomic E-state index is -0.463. The lowest BCUT2D eigenvalue weighted by molar-refractivity contribution is 0.0865. The van der Waals surface area contributed by atoms with Crippen LogP contribution in [0.25, 0.3) is 0 Å². The third kappa shape index (κ3) is 3.82. The van der Waals surface area contributed by atoms with Gasteiger partial charge in [0.05, 0.1) is 17.7 Å². The molecule has 3 heteroatoms. The summed E-state index contributed by atoms with van der Waals surface area (Å²) in [5, 5.41) is 19.2. The first-order valence-corrected chi connectivity index (χ1v) is 7.66. The Labute approximate surface area is 121 Å². The molecule has 0 amide bonds. The highest BCUT2D eigenvalue weighted by Gasteiger charge is 2.22. The van der Waals surface area contributed by atoms with Crippen LogP contribution in [0.15, 0.2) is 24.3 Å². The molecule has 2 rings (SSSR count). The molecular weight excluding hydrogens is 248 g/mol. The normalized spacial score (nSPS) is 21.9. The Balaban J connectivity index is 2.01. The number of hydrogen-bond acceptors (Lipinski definition) is 3. The summed E-state index contributed by atoms with van der Waals surface area (Å²) in [4.78, 5) is 2.44. The molecule has 2 atom stereocenters. The smallest absolute Gasteiger partial charge is 0.0991 e. The van der Waals surface area contributed by atoms with Crippen molar-refractivity contribution in [3.63, 3.8) is 0 Å². The van der Waals surface area contributed by atoms with Crippen LogP contribution in [-0.2, 0) is 0 Å². The molecule has 0 spiro atoms. The van der Waals surface area contributed by atoms with Crippen molar-refractivity contribution >= 4 is 0 Å². The number of nitrogens with zero attached hydrogens (tertiary/aromatic N) is 2. The molecule has 1 aromatic carbocycles. The number of likely N-dealkylation sites (tertiary alicyclic amines) is 1. The summed E-state index contributed by atoms with van der Waals surface area (Å²) in [6.45, 7) is 4.02. The van der Waals surface area contributed by atoms with Crippen molar-refractivity contribution < 1.29 is 5.11 Å². The Kier molecular flexibility index (Phi) is 5.58. The van der Waals surface area contributed by atoms with E-state index in [0.29, 0.717) is 18.2 Å². The standard InChI is InChI=1S/C17H24N2O/c1-2-16-6-4-3-5-11-19(16)13-17(20)15-9-7-14(12-18)8-10-15/h7-10,16-17,20H,2-6,11,13H2,1H3. The summed E-state index contributed by atoms with van der Waals surface area (Å²) in [6.07, 6.45) is 5.78. The van der Waals surface area contributed by atoms with Gasteiger partial charge in [-0.1, -0.05) is 31.9 Å². The Morgan fingerprint density at radius 2 is 2.05 bits per heavy atom. The maximum Gasteiger partial charge on any atom is 0.0991 e. The molecular formula is C17H24N2O. The fourth-order valence-corrected chi connectivity index (χ4v) is 3.05. The Hall–Kier alpha value is -1.37. The predicted octanol–water partition coefficient (Wildman–Crippen LogP) is 3.25. The van der Waals surface area contributed by atoms with Crippen LogP contribution in [0.2, 0.25) is 0 Å². The van der Waals surface area contributed by atoms with Gasteiger partial charge in [-0.15, -0.1) is 0 Å². The van der Waals surface area contributed by atoms with Crippen LogP contribution >= 0.6 is 0 Å². The second-order valence-corrected chi connectivity index (χ2v) is 5.66. The summed E-state index contributed by atoms with van der Waals surface area (Å²) in [5.41, 5.74) is 1.55. The highest BCUT2D eigenvalue weighted by atomic mass is 16.3. The van der Waals surface area contributed by atoms with Gasteiger partial charge < -0.3 is 5.11 Å². The molecule has 0 aliphatic carbocycles. The van der Waals surface area contributed by atoms with Crippen LogP contribution in [0.5, 0.6) is 0 Å². The first-order chi connectivity index (χ1) is 9.74. The van der Waals surface area contributed by atoms with Crippen LogP contribution < -0.4 is 0 Å². The molecule has 2 unspecified atom stereocenters. The Bertz CT molecular complexity index is 449. The topological polar surface area (TPSA) is 47.3 Å². The minimum absolute atomic E-state index is 0.463. The van der Waals surface area contributed by atoms with E-state index in [1.807, 2.05) is 12.1 Å². The van der Waals surface area contributed by atoms with Crippen molar-refractivity contribution in [2.24, 2.45) is 0 Å². The van der Waals surface area contributed by atoms with Crippen molar-refractivity contribution in [2.75, 3.05) is 13.1 Å². The Morgan fingerprint density at radius 1 is 1.30 bits per heavy atom. The number of hydrogen-bond donors (Lipinski definition) is 1. The molecule has 0 aromatic heterocycles. The summed E-state index contributed by atoms with van der Waals surface area (Å²) in [7, 11) is 0. The zero-order valence-electron chi connectivity index (χ0n) is 12.3. The number of benzene rings is 1. The Morgan fingerprint density at radius 3 is 2.70 bits per heavy atom. The lowest BCUT2D eigenvalue weighted by Gasteiger charge is -2.31. The third-order valence-corrected chi connectivity index (χ3v) is 4.30. The van der Waals surface area contributed by atoms with Crippen molar-refractivity contribution in [1.82, 2.24) is 4.90 Å². The van der Waals surface area contributed by atoms with E-state index in [1.165, 1.54) is 25.7 Å². The van der Waals surface area contributed by atoms with Gasteiger partial charge in [0.2, 0.25) is 0 Å². The number of aliphatic hydroxyl groups excluding tert-OH is 1. The van der Waals surface area contributed by atoms with Gasteiger partial charge in [0.1, 0.15) is 0 Å². The quantitative estimate of drug-likeness (QED) is 0.915. The first kappa shape index (κ1) is 15.0. The number of rotatable bonds is 4. The van der Waals surface area contributed by atoms with Crippen LogP contribution in [0.1, 0.15) is 56.3 Å².